The fraction of sp³-hybridized carbons (Fsp3) is 0.231. The molecule has 0 fully saturated rings. The van der Waals surface area contributed by atoms with Gasteiger partial charge in [-0.3, -0.25) is 9.36 Å². The second-order valence-electron chi connectivity index (χ2n) is 4.41. The molecule has 0 saturated heterocycles. The van der Waals surface area contributed by atoms with Gasteiger partial charge in [-0.05, 0) is 12.0 Å². The number of hydrogen-bond acceptors (Lipinski definition) is 3. The highest BCUT2D eigenvalue weighted by Crippen LogP contribution is 2.35. The van der Waals surface area contributed by atoms with Crippen molar-refractivity contribution in [2.75, 3.05) is 6.16 Å². The molecule has 4 N–H and O–H groups in total. The van der Waals surface area contributed by atoms with Gasteiger partial charge in [-0.25, -0.2) is 4.79 Å². The van der Waals surface area contributed by atoms with E-state index in [0.29, 0.717) is 6.08 Å². The van der Waals surface area contributed by atoms with E-state index in [4.69, 9.17) is 14.9 Å². The quantitative estimate of drug-likeness (QED) is 0.430. The molecule has 21 heavy (non-hydrogen) atoms. The molecule has 1 aromatic rings. The van der Waals surface area contributed by atoms with Gasteiger partial charge in [-0.2, -0.15) is 0 Å². The molecular formula is C13H16NO6P. The van der Waals surface area contributed by atoms with Gasteiger partial charge in [0.25, 0.3) is 0 Å². The molecule has 0 aliphatic heterocycles. The van der Waals surface area contributed by atoms with Crippen molar-refractivity contribution >= 4 is 19.5 Å². The molecular weight excluding hydrogens is 297 g/mol. The molecule has 0 aliphatic carbocycles. The minimum atomic E-state index is -4.31. The number of benzene rings is 1. The molecule has 0 radical (unpaired) electrons. The van der Waals surface area contributed by atoms with E-state index in [0.717, 1.165) is 11.6 Å². The number of amides is 1. The van der Waals surface area contributed by atoms with Crippen LogP contribution in [0.5, 0.6) is 0 Å². The predicted octanol–water partition coefficient (Wildman–Crippen LogP) is 0.532. The topological polar surface area (TPSA) is 124 Å². The molecule has 1 aromatic carbocycles. The molecule has 0 bridgehead atoms. The molecule has 7 nitrogen and oxygen atoms in total. The van der Waals surface area contributed by atoms with Crippen LogP contribution in [0.4, 0.5) is 0 Å². The van der Waals surface area contributed by atoms with Crippen molar-refractivity contribution in [3.63, 3.8) is 0 Å². The van der Waals surface area contributed by atoms with E-state index in [1.807, 2.05) is 0 Å². The third kappa shape index (κ3) is 8.04. The van der Waals surface area contributed by atoms with Crippen LogP contribution in [0.1, 0.15) is 5.56 Å². The molecule has 1 atom stereocenters. The maximum atomic E-state index is 11.5. The first-order chi connectivity index (χ1) is 9.76. The monoisotopic (exact) mass is 313 g/mol. The second-order valence-corrected chi connectivity index (χ2v) is 6.11. The SMILES string of the molecule is O=C(O)/C=C/C(=O)NC(Cc1ccccc1)CP(=O)(O)O. The minimum Gasteiger partial charge on any atom is -0.478 e. The summed E-state index contributed by atoms with van der Waals surface area (Å²) in [4.78, 5) is 39.9. The zero-order chi connectivity index (χ0) is 15.9. The van der Waals surface area contributed by atoms with Gasteiger partial charge in [-0.1, -0.05) is 30.3 Å². The van der Waals surface area contributed by atoms with E-state index in [1.165, 1.54) is 0 Å². The molecule has 0 heterocycles. The van der Waals surface area contributed by atoms with E-state index in [2.05, 4.69) is 5.32 Å². The largest absolute Gasteiger partial charge is 0.478 e. The summed E-state index contributed by atoms with van der Waals surface area (Å²) in [5, 5.41) is 10.8. The first-order valence-electron chi connectivity index (χ1n) is 6.06. The van der Waals surface area contributed by atoms with Gasteiger partial charge >= 0.3 is 13.6 Å². The Morgan fingerprint density at radius 1 is 1.19 bits per heavy atom. The van der Waals surface area contributed by atoms with Gasteiger partial charge in [0.2, 0.25) is 5.91 Å². The maximum absolute atomic E-state index is 11.5. The molecule has 1 unspecified atom stereocenters. The van der Waals surface area contributed by atoms with Crippen LogP contribution < -0.4 is 5.32 Å². The van der Waals surface area contributed by atoms with Gasteiger partial charge in [0.15, 0.2) is 0 Å². The van der Waals surface area contributed by atoms with Crippen molar-refractivity contribution in [1.29, 1.82) is 0 Å². The number of aliphatic carboxylic acids is 1. The Balaban J connectivity index is 2.75. The van der Waals surface area contributed by atoms with E-state index >= 15 is 0 Å². The van der Waals surface area contributed by atoms with Crippen molar-refractivity contribution in [2.24, 2.45) is 0 Å². The molecule has 1 amide bonds. The number of hydrogen-bond donors (Lipinski definition) is 4. The average Bonchev–Trinajstić information content (AvgIpc) is 2.35. The van der Waals surface area contributed by atoms with Crippen LogP contribution in [0, 0.1) is 0 Å². The van der Waals surface area contributed by atoms with E-state index in [9.17, 15) is 14.2 Å². The lowest BCUT2D eigenvalue weighted by atomic mass is 10.1. The van der Waals surface area contributed by atoms with Gasteiger partial charge in [-0.15, -0.1) is 0 Å². The second kappa shape index (κ2) is 7.73. The van der Waals surface area contributed by atoms with E-state index < -0.39 is 31.7 Å². The lowest BCUT2D eigenvalue weighted by molar-refractivity contribution is -0.131. The Kier molecular flexibility index (Phi) is 6.30. The first-order valence-corrected chi connectivity index (χ1v) is 7.86. The van der Waals surface area contributed by atoms with Crippen LogP contribution in [0.3, 0.4) is 0 Å². The van der Waals surface area contributed by atoms with Crippen LogP contribution in [-0.4, -0.2) is 39.0 Å². The van der Waals surface area contributed by atoms with Crippen molar-refractivity contribution in [1.82, 2.24) is 5.32 Å². The molecule has 0 spiro atoms. The Bertz CT molecular complexity index is 565. The van der Waals surface area contributed by atoms with Crippen molar-refractivity contribution in [3.8, 4) is 0 Å². The zero-order valence-electron chi connectivity index (χ0n) is 11.0. The predicted molar refractivity (Wildman–Crippen MR) is 75.8 cm³/mol. The molecule has 8 heteroatoms. The summed E-state index contributed by atoms with van der Waals surface area (Å²) in [6, 6.07) is 8.10. The summed E-state index contributed by atoms with van der Waals surface area (Å²) in [6.07, 6.45) is 1.18. The first kappa shape index (κ1) is 17.1. The lowest BCUT2D eigenvalue weighted by Gasteiger charge is -2.18. The van der Waals surface area contributed by atoms with Gasteiger partial charge in [0, 0.05) is 18.2 Å². The van der Waals surface area contributed by atoms with Crippen LogP contribution in [0.2, 0.25) is 0 Å². The van der Waals surface area contributed by atoms with E-state index in [1.54, 1.807) is 30.3 Å². The lowest BCUT2D eigenvalue weighted by Crippen LogP contribution is -2.38. The Morgan fingerprint density at radius 3 is 2.33 bits per heavy atom. The van der Waals surface area contributed by atoms with Crippen LogP contribution in [0.15, 0.2) is 42.5 Å². The summed E-state index contributed by atoms with van der Waals surface area (Å²) in [7, 11) is -4.31. The maximum Gasteiger partial charge on any atom is 0.328 e. The normalized spacial score (nSPS) is 13.0. The van der Waals surface area contributed by atoms with Crippen molar-refractivity contribution in [3.05, 3.63) is 48.0 Å². The molecule has 114 valence electrons. The number of carbonyl (C=O) groups excluding carboxylic acids is 1. The van der Waals surface area contributed by atoms with Crippen LogP contribution in [-0.2, 0) is 20.6 Å². The average molecular weight is 313 g/mol. The van der Waals surface area contributed by atoms with Crippen molar-refractivity contribution < 1.29 is 29.0 Å². The van der Waals surface area contributed by atoms with Crippen molar-refractivity contribution in [2.45, 2.75) is 12.5 Å². The molecule has 0 aromatic heterocycles. The summed E-state index contributed by atoms with van der Waals surface area (Å²) >= 11 is 0. The standard InChI is InChI=1S/C13H16NO6P/c15-12(6-7-13(16)17)14-11(9-21(18,19)20)8-10-4-2-1-3-5-10/h1-7,11H,8-9H2,(H,14,15)(H,16,17)(H2,18,19,20)/b7-6+. The minimum absolute atomic E-state index is 0.235. The molecule has 0 saturated carbocycles. The smallest absolute Gasteiger partial charge is 0.328 e. The Labute approximate surface area is 121 Å². The van der Waals surface area contributed by atoms with Crippen LogP contribution >= 0.6 is 7.60 Å². The molecule has 1 rings (SSSR count). The van der Waals surface area contributed by atoms with Gasteiger partial charge in [0.05, 0.1) is 6.16 Å². The summed E-state index contributed by atoms with van der Waals surface area (Å²) in [5.41, 5.74) is 0.804. The highest BCUT2D eigenvalue weighted by molar-refractivity contribution is 7.51. The summed E-state index contributed by atoms with van der Waals surface area (Å²) in [5.74, 6) is -1.99. The number of carboxylic acids is 1. The van der Waals surface area contributed by atoms with Gasteiger partial charge in [0.1, 0.15) is 0 Å². The Morgan fingerprint density at radius 2 is 1.81 bits per heavy atom. The summed E-state index contributed by atoms with van der Waals surface area (Å²) < 4.78 is 11.1. The van der Waals surface area contributed by atoms with E-state index in [-0.39, 0.29) is 6.42 Å². The zero-order valence-corrected chi connectivity index (χ0v) is 11.9. The fourth-order valence-corrected chi connectivity index (χ4v) is 2.54. The number of carbonyl (C=O) groups is 2. The fourth-order valence-electron chi connectivity index (χ4n) is 1.74. The molecule has 0 aliphatic rings. The number of carboxylic acid groups (broad SMARTS) is 1. The third-order valence-electron chi connectivity index (χ3n) is 2.51. The Hall–Kier alpha value is -1.95. The highest BCUT2D eigenvalue weighted by atomic mass is 31.2. The summed E-state index contributed by atoms with van der Waals surface area (Å²) in [6.45, 7) is 0. The number of nitrogens with one attached hydrogen (secondary N) is 1. The number of rotatable bonds is 7. The highest BCUT2D eigenvalue weighted by Gasteiger charge is 2.22. The van der Waals surface area contributed by atoms with Crippen LogP contribution in [0.25, 0.3) is 0 Å². The van der Waals surface area contributed by atoms with Gasteiger partial charge < -0.3 is 20.2 Å². The third-order valence-corrected chi connectivity index (χ3v) is 3.42.